The van der Waals surface area contributed by atoms with E-state index in [1.165, 1.54) is 6.07 Å². The number of aliphatic hydroxyl groups is 2. The van der Waals surface area contributed by atoms with Crippen molar-refractivity contribution in [2.75, 3.05) is 69.7 Å². The Hall–Kier alpha value is -3.02. The second-order valence-corrected chi connectivity index (χ2v) is 8.00. The molecule has 10 nitrogen and oxygen atoms in total. The van der Waals surface area contributed by atoms with E-state index in [1.807, 2.05) is 6.92 Å². The smallest absolute Gasteiger partial charge is 0.200 e. The number of carbonyl (C=O) groups is 2. The molecule has 0 saturated carbocycles. The number of ether oxygens (including phenoxy) is 1. The molecule has 35 heavy (non-hydrogen) atoms. The van der Waals surface area contributed by atoms with E-state index in [4.69, 9.17) is 14.9 Å². The van der Waals surface area contributed by atoms with E-state index in [-0.39, 0.29) is 53.6 Å². The van der Waals surface area contributed by atoms with Crippen molar-refractivity contribution in [1.29, 1.82) is 0 Å². The number of phenolic OH excluding ortho intramolecular Hbond substituents is 1. The summed E-state index contributed by atoms with van der Waals surface area (Å²) in [5.41, 5.74) is 2.17. The van der Waals surface area contributed by atoms with Crippen LogP contribution in [0.15, 0.2) is 24.3 Å². The van der Waals surface area contributed by atoms with Crippen molar-refractivity contribution in [1.82, 2.24) is 10.6 Å². The molecule has 0 amide bonds. The molecule has 0 radical (unpaired) electrons. The minimum atomic E-state index is -0.432. The van der Waals surface area contributed by atoms with Crippen molar-refractivity contribution in [2.45, 2.75) is 13.5 Å². The maximum atomic E-state index is 13.8. The third-order valence-electron chi connectivity index (χ3n) is 5.66. The van der Waals surface area contributed by atoms with Crippen molar-refractivity contribution < 1.29 is 29.6 Å². The molecule has 0 saturated heterocycles. The highest BCUT2D eigenvalue weighted by atomic mass is 16.5. The Balaban J connectivity index is 2.01. The van der Waals surface area contributed by atoms with Gasteiger partial charge in [-0.1, -0.05) is 6.07 Å². The molecule has 0 bridgehead atoms. The fraction of sp³-hybridized carbons (Fsp3) is 0.440. The van der Waals surface area contributed by atoms with Gasteiger partial charge >= 0.3 is 0 Å². The average Bonchev–Trinajstić information content (AvgIpc) is 2.86. The second-order valence-electron chi connectivity index (χ2n) is 8.00. The monoisotopic (exact) mass is 486 g/mol. The number of hydrogen-bond acceptors (Lipinski definition) is 10. The number of benzene rings is 2. The lowest BCUT2D eigenvalue weighted by atomic mass is 9.79. The molecule has 2 aromatic carbocycles. The molecule has 7 N–H and O–H groups in total. The van der Waals surface area contributed by atoms with Crippen molar-refractivity contribution in [3.8, 4) is 5.75 Å². The van der Waals surface area contributed by atoms with Gasteiger partial charge in [0.1, 0.15) is 5.75 Å². The van der Waals surface area contributed by atoms with E-state index >= 15 is 0 Å². The maximum absolute atomic E-state index is 13.8. The molecule has 0 aromatic heterocycles. The maximum Gasteiger partial charge on any atom is 0.200 e. The molecule has 1 aliphatic rings. The largest absolute Gasteiger partial charge is 0.507 e. The third-order valence-corrected chi connectivity index (χ3v) is 5.66. The summed E-state index contributed by atoms with van der Waals surface area (Å²) in [6, 6.07) is 6.53. The lowest BCUT2D eigenvalue weighted by Gasteiger charge is -2.26. The van der Waals surface area contributed by atoms with Crippen LogP contribution in [0.3, 0.4) is 0 Å². The minimum Gasteiger partial charge on any atom is -0.507 e. The highest BCUT2D eigenvalue weighted by molar-refractivity contribution is 6.33. The summed E-state index contributed by atoms with van der Waals surface area (Å²) in [5, 5.41) is 41.0. The van der Waals surface area contributed by atoms with Gasteiger partial charge in [-0.3, -0.25) is 9.59 Å². The van der Waals surface area contributed by atoms with E-state index in [9.17, 15) is 14.7 Å². The molecule has 0 heterocycles. The highest BCUT2D eigenvalue weighted by Crippen LogP contribution is 2.40. The number of fused-ring (bicyclic) bond motifs is 2. The van der Waals surface area contributed by atoms with Crippen LogP contribution < -0.4 is 21.3 Å². The van der Waals surface area contributed by atoms with Crippen LogP contribution in [0.1, 0.15) is 44.3 Å². The molecule has 1 aliphatic carbocycles. The quantitative estimate of drug-likeness (QED) is 0.153. The zero-order valence-corrected chi connectivity index (χ0v) is 19.9. The predicted octanol–water partition coefficient (Wildman–Crippen LogP) is 0.692. The number of nitrogens with one attached hydrogen (secondary N) is 4. The molecule has 0 fully saturated rings. The first-order valence-electron chi connectivity index (χ1n) is 11.8. The number of aromatic hydroxyl groups is 1. The molecule has 3 rings (SSSR count). The average molecular weight is 487 g/mol. The van der Waals surface area contributed by atoms with Gasteiger partial charge in [-0.05, 0) is 30.7 Å². The van der Waals surface area contributed by atoms with Crippen LogP contribution in [0.25, 0.3) is 0 Å². The first-order chi connectivity index (χ1) is 17.0. The van der Waals surface area contributed by atoms with Gasteiger partial charge in [0.05, 0.1) is 36.5 Å². The van der Waals surface area contributed by atoms with E-state index < -0.39 is 5.78 Å². The van der Waals surface area contributed by atoms with E-state index in [1.54, 1.807) is 18.2 Å². The topological polar surface area (TPSA) is 152 Å². The minimum absolute atomic E-state index is 0.0112. The Kier molecular flexibility index (Phi) is 10.0. The summed E-state index contributed by atoms with van der Waals surface area (Å²) in [6.07, 6.45) is 0. The SMILES string of the molecule is CCOCc1ccc(O)c2c1C(=O)c1c(NCCNCCO)ccc(NCCNCCO)c1C2=O. The number of hydrogen-bond donors (Lipinski definition) is 7. The molecule has 2 aromatic rings. The number of ketones is 2. The van der Waals surface area contributed by atoms with E-state index in [0.717, 1.165) is 0 Å². The molecular weight excluding hydrogens is 452 g/mol. The van der Waals surface area contributed by atoms with Crippen molar-refractivity contribution in [3.63, 3.8) is 0 Å². The lowest BCUT2D eigenvalue weighted by molar-refractivity contribution is 0.0969. The first kappa shape index (κ1) is 26.6. The number of phenols is 1. The van der Waals surface area contributed by atoms with Gasteiger partial charge < -0.3 is 41.3 Å². The Bertz CT molecular complexity index is 1040. The molecule has 190 valence electrons. The number of anilines is 2. The Morgan fingerprint density at radius 1 is 0.714 bits per heavy atom. The van der Waals surface area contributed by atoms with Gasteiger partial charge in [-0.15, -0.1) is 0 Å². The lowest BCUT2D eigenvalue weighted by Crippen LogP contribution is -2.29. The van der Waals surface area contributed by atoms with Gasteiger partial charge in [0.2, 0.25) is 0 Å². The van der Waals surface area contributed by atoms with Gasteiger partial charge in [0.15, 0.2) is 11.6 Å². The Morgan fingerprint density at radius 3 is 1.77 bits per heavy atom. The summed E-state index contributed by atoms with van der Waals surface area (Å²) < 4.78 is 5.51. The first-order valence-corrected chi connectivity index (χ1v) is 11.8. The van der Waals surface area contributed by atoms with Crippen LogP contribution in [-0.2, 0) is 11.3 Å². The van der Waals surface area contributed by atoms with Crippen LogP contribution in [-0.4, -0.2) is 86.0 Å². The Labute approximate surface area is 204 Å². The molecule has 0 atom stereocenters. The van der Waals surface area contributed by atoms with Crippen LogP contribution >= 0.6 is 0 Å². The third kappa shape index (κ3) is 6.16. The van der Waals surface area contributed by atoms with E-state index in [2.05, 4.69) is 21.3 Å². The van der Waals surface area contributed by atoms with Crippen molar-refractivity contribution >= 4 is 22.9 Å². The normalized spacial score (nSPS) is 12.4. The summed E-state index contributed by atoms with van der Waals surface area (Å²) in [7, 11) is 0. The van der Waals surface area contributed by atoms with Crippen LogP contribution in [0.2, 0.25) is 0 Å². The van der Waals surface area contributed by atoms with E-state index in [0.29, 0.717) is 62.8 Å². The van der Waals surface area contributed by atoms with Gasteiger partial charge in [0, 0.05) is 62.8 Å². The standard InChI is InChI=1S/C25H34N4O6/c1-2-35-15-16-3-6-19(32)23-20(16)24(33)21-17(28-9-7-26-11-13-30)4-5-18(22(21)25(23)34)29-10-8-27-12-14-31/h3-6,26-32H,2,7-15H2,1H3. The fourth-order valence-corrected chi connectivity index (χ4v) is 4.05. The predicted molar refractivity (Wildman–Crippen MR) is 134 cm³/mol. The summed E-state index contributed by atoms with van der Waals surface area (Å²) >= 11 is 0. The molecule has 0 unspecified atom stereocenters. The highest BCUT2D eigenvalue weighted by Gasteiger charge is 2.37. The van der Waals surface area contributed by atoms with Crippen LogP contribution in [0, 0.1) is 0 Å². The summed E-state index contributed by atoms with van der Waals surface area (Å²) in [5.74, 6) is -1.03. The number of carbonyl (C=O) groups excluding carboxylic acids is 2. The van der Waals surface area contributed by atoms with Crippen molar-refractivity contribution in [3.05, 3.63) is 52.1 Å². The number of aliphatic hydroxyl groups excluding tert-OH is 2. The zero-order chi connectivity index (χ0) is 25.2. The zero-order valence-electron chi connectivity index (χ0n) is 19.9. The Morgan fingerprint density at radius 2 is 1.26 bits per heavy atom. The molecule has 0 aliphatic heterocycles. The van der Waals surface area contributed by atoms with Gasteiger partial charge in [-0.2, -0.15) is 0 Å². The molecular formula is C25H34N4O6. The summed E-state index contributed by atoms with van der Waals surface area (Å²) in [4.78, 5) is 27.6. The fourth-order valence-electron chi connectivity index (χ4n) is 4.05. The second kappa shape index (κ2) is 13.2. The molecule has 0 spiro atoms. The van der Waals surface area contributed by atoms with Crippen LogP contribution in [0.5, 0.6) is 5.75 Å². The van der Waals surface area contributed by atoms with Gasteiger partial charge in [0.25, 0.3) is 0 Å². The van der Waals surface area contributed by atoms with Crippen molar-refractivity contribution in [2.24, 2.45) is 0 Å². The van der Waals surface area contributed by atoms with Crippen LogP contribution in [0.4, 0.5) is 11.4 Å². The van der Waals surface area contributed by atoms with Gasteiger partial charge in [-0.25, -0.2) is 0 Å². The molecule has 10 heteroatoms. The number of rotatable bonds is 15. The summed E-state index contributed by atoms with van der Waals surface area (Å²) in [6.45, 7) is 5.45.